The van der Waals surface area contributed by atoms with E-state index in [1.807, 2.05) is 18.2 Å². The number of hydrogen-bond acceptors (Lipinski definition) is 5. The van der Waals surface area contributed by atoms with E-state index in [4.69, 9.17) is 13.9 Å². The van der Waals surface area contributed by atoms with Crippen LogP contribution < -0.4 is 14.8 Å². The maximum absolute atomic E-state index is 5.84. The number of oxazole rings is 1. The number of nitrogens with one attached hydrogen (secondary N) is 1. The van der Waals surface area contributed by atoms with Crippen molar-refractivity contribution in [1.82, 2.24) is 10.3 Å². The molecule has 0 amide bonds. The zero-order chi connectivity index (χ0) is 13.2. The molecule has 0 spiro atoms. The van der Waals surface area contributed by atoms with Gasteiger partial charge in [-0.2, -0.15) is 0 Å². The van der Waals surface area contributed by atoms with Gasteiger partial charge in [0.05, 0.1) is 26.5 Å². The normalized spacial score (nSPS) is 14.0. The number of benzene rings is 1. The molecule has 100 valence electrons. The van der Waals surface area contributed by atoms with Crippen molar-refractivity contribution in [2.24, 2.45) is 0 Å². The van der Waals surface area contributed by atoms with Crippen LogP contribution in [0.3, 0.4) is 0 Å². The fourth-order valence-electron chi connectivity index (χ4n) is 2.29. The van der Waals surface area contributed by atoms with Gasteiger partial charge in [0, 0.05) is 13.0 Å². The molecule has 1 N–H and O–H groups in total. The summed E-state index contributed by atoms with van der Waals surface area (Å²) in [6, 6.07) is 5.63. The molecule has 0 radical (unpaired) electrons. The lowest BCUT2D eigenvalue weighted by Crippen LogP contribution is -2.22. The molecule has 0 unspecified atom stereocenters. The minimum Gasteiger partial charge on any atom is -0.496 e. The summed E-state index contributed by atoms with van der Waals surface area (Å²) >= 11 is 0. The average Bonchev–Trinajstić information content (AvgIpc) is 2.89. The van der Waals surface area contributed by atoms with E-state index in [-0.39, 0.29) is 0 Å². The zero-order valence-electron chi connectivity index (χ0n) is 11.0. The van der Waals surface area contributed by atoms with Crippen LogP contribution in [0.4, 0.5) is 0 Å². The second-order valence-electron chi connectivity index (χ2n) is 4.35. The lowest BCUT2D eigenvalue weighted by atomic mass is 10.1. The average molecular weight is 260 g/mol. The Kier molecular flexibility index (Phi) is 3.13. The molecule has 0 saturated carbocycles. The fourth-order valence-corrected chi connectivity index (χ4v) is 2.29. The first-order chi connectivity index (χ1) is 9.33. The van der Waals surface area contributed by atoms with Crippen LogP contribution >= 0.6 is 0 Å². The van der Waals surface area contributed by atoms with Crippen molar-refractivity contribution in [2.45, 2.75) is 13.0 Å². The van der Waals surface area contributed by atoms with Gasteiger partial charge in [-0.25, -0.2) is 4.98 Å². The first-order valence-electron chi connectivity index (χ1n) is 6.24. The number of fused-ring (bicyclic) bond motifs is 1. The highest BCUT2D eigenvalue weighted by molar-refractivity contribution is 5.71. The summed E-state index contributed by atoms with van der Waals surface area (Å²) in [6.45, 7) is 1.65. The van der Waals surface area contributed by atoms with E-state index in [1.54, 1.807) is 14.2 Å². The van der Waals surface area contributed by atoms with E-state index in [9.17, 15) is 0 Å². The van der Waals surface area contributed by atoms with Gasteiger partial charge in [0.25, 0.3) is 0 Å². The molecule has 0 bridgehead atoms. The summed E-state index contributed by atoms with van der Waals surface area (Å²) in [7, 11) is 3.26. The Hall–Kier alpha value is -2.01. The third kappa shape index (κ3) is 2.06. The number of ether oxygens (including phenoxy) is 2. The van der Waals surface area contributed by atoms with E-state index in [0.29, 0.717) is 17.4 Å². The summed E-state index contributed by atoms with van der Waals surface area (Å²) in [5.41, 5.74) is 1.78. The highest BCUT2D eigenvalue weighted by Gasteiger charge is 2.22. The topological polar surface area (TPSA) is 56.5 Å². The van der Waals surface area contributed by atoms with Gasteiger partial charge in [-0.3, -0.25) is 0 Å². The fraction of sp³-hybridized carbons (Fsp3) is 0.357. The second-order valence-corrected chi connectivity index (χ2v) is 4.35. The number of nitrogens with zero attached hydrogens (tertiary/aromatic N) is 1. The molecule has 0 fully saturated rings. The van der Waals surface area contributed by atoms with Crippen LogP contribution in [0.5, 0.6) is 11.5 Å². The van der Waals surface area contributed by atoms with Gasteiger partial charge in [0.15, 0.2) is 0 Å². The van der Waals surface area contributed by atoms with Crippen LogP contribution in [0.2, 0.25) is 0 Å². The van der Waals surface area contributed by atoms with E-state index in [0.717, 1.165) is 36.5 Å². The number of hydrogen-bond donors (Lipinski definition) is 1. The van der Waals surface area contributed by atoms with Crippen molar-refractivity contribution in [1.29, 1.82) is 0 Å². The summed E-state index contributed by atoms with van der Waals surface area (Å²) < 4.78 is 16.6. The van der Waals surface area contributed by atoms with Crippen molar-refractivity contribution in [3.05, 3.63) is 29.7 Å². The largest absolute Gasteiger partial charge is 0.496 e. The molecule has 1 aliphatic heterocycles. The summed E-state index contributed by atoms with van der Waals surface area (Å²) in [6.07, 6.45) is 0.885. The minimum atomic E-state index is 0.558. The van der Waals surface area contributed by atoms with Gasteiger partial charge in [-0.05, 0) is 12.1 Å². The molecular weight excluding hydrogens is 244 g/mol. The van der Waals surface area contributed by atoms with Crippen molar-refractivity contribution in [2.75, 3.05) is 20.8 Å². The van der Waals surface area contributed by atoms with Crippen LogP contribution in [-0.4, -0.2) is 25.7 Å². The summed E-state index contributed by atoms with van der Waals surface area (Å²) in [4.78, 5) is 4.57. The van der Waals surface area contributed by atoms with Crippen LogP contribution in [0.25, 0.3) is 11.5 Å². The smallest absolute Gasteiger partial charge is 0.234 e. The molecule has 19 heavy (non-hydrogen) atoms. The lowest BCUT2D eigenvalue weighted by Gasteiger charge is -2.09. The van der Waals surface area contributed by atoms with E-state index in [1.165, 1.54) is 0 Å². The third-order valence-electron chi connectivity index (χ3n) is 3.24. The third-order valence-corrected chi connectivity index (χ3v) is 3.24. The SMILES string of the molecule is COc1cccc(OC)c1-c1nc2c(o1)CNCC2. The van der Waals surface area contributed by atoms with Gasteiger partial charge in [-0.15, -0.1) is 0 Å². The van der Waals surface area contributed by atoms with E-state index in [2.05, 4.69) is 10.3 Å². The van der Waals surface area contributed by atoms with Gasteiger partial charge in [0.1, 0.15) is 22.8 Å². The van der Waals surface area contributed by atoms with Gasteiger partial charge >= 0.3 is 0 Å². The van der Waals surface area contributed by atoms with Crippen LogP contribution in [0.1, 0.15) is 11.5 Å². The summed E-state index contributed by atoms with van der Waals surface area (Å²) in [5.74, 6) is 2.86. The monoisotopic (exact) mass is 260 g/mol. The highest BCUT2D eigenvalue weighted by Crippen LogP contribution is 2.38. The maximum atomic E-state index is 5.84. The van der Waals surface area contributed by atoms with Crippen molar-refractivity contribution in [3.8, 4) is 23.0 Å². The molecule has 0 atom stereocenters. The molecule has 2 aromatic rings. The van der Waals surface area contributed by atoms with Crippen LogP contribution in [-0.2, 0) is 13.0 Å². The van der Waals surface area contributed by atoms with Crippen LogP contribution in [0.15, 0.2) is 22.6 Å². The molecule has 0 saturated heterocycles. The molecule has 1 aromatic heterocycles. The Bertz CT molecular complexity index is 547. The Morgan fingerprint density at radius 3 is 2.58 bits per heavy atom. The Labute approximate surface area is 111 Å². The predicted molar refractivity (Wildman–Crippen MR) is 70.5 cm³/mol. The van der Waals surface area contributed by atoms with E-state index < -0.39 is 0 Å². The molecule has 2 heterocycles. The molecule has 0 aliphatic carbocycles. The number of methoxy groups -OCH3 is 2. The van der Waals surface area contributed by atoms with Crippen molar-refractivity contribution >= 4 is 0 Å². The second kappa shape index (κ2) is 4.93. The Balaban J connectivity index is 2.12. The first-order valence-corrected chi connectivity index (χ1v) is 6.24. The summed E-state index contributed by atoms with van der Waals surface area (Å²) in [5, 5.41) is 3.27. The zero-order valence-corrected chi connectivity index (χ0v) is 11.0. The predicted octanol–water partition coefficient (Wildman–Crippen LogP) is 2.00. The van der Waals surface area contributed by atoms with Crippen molar-refractivity contribution < 1.29 is 13.9 Å². The molecule has 3 rings (SSSR count). The Morgan fingerprint density at radius 1 is 1.21 bits per heavy atom. The standard InChI is InChI=1S/C14H16N2O3/c1-17-10-4-3-5-11(18-2)13(10)14-16-9-6-7-15-8-12(9)19-14/h3-5,15H,6-8H2,1-2H3. The van der Waals surface area contributed by atoms with Gasteiger partial charge < -0.3 is 19.2 Å². The number of aromatic nitrogens is 1. The molecule has 5 heteroatoms. The first kappa shape index (κ1) is 12.0. The molecule has 5 nitrogen and oxygen atoms in total. The molecular formula is C14H16N2O3. The van der Waals surface area contributed by atoms with E-state index >= 15 is 0 Å². The molecule has 1 aliphatic rings. The highest BCUT2D eigenvalue weighted by atomic mass is 16.5. The minimum absolute atomic E-state index is 0.558. The quantitative estimate of drug-likeness (QED) is 0.914. The number of rotatable bonds is 3. The van der Waals surface area contributed by atoms with Gasteiger partial charge in [0.2, 0.25) is 5.89 Å². The molecule has 1 aromatic carbocycles. The van der Waals surface area contributed by atoms with Gasteiger partial charge in [-0.1, -0.05) is 6.07 Å². The Morgan fingerprint density at radius 2 is 1.95 bits per heavy atom. The van der Waals surface area contributed by atoms with Crippen LogP contribution in [0, 0.1) is 0 Å². The maximum Gasteiger partial charge on any atom is 0.234 e. The lowest BCUT2D eigenvalue weighted by molar-refractivity contribution is 0.392. The van der Waals surface area contributed by atoms with Crippen molar-refractivity contribution in [3.63, 3.8) is 0 Å².